The van der Waals surface area contributed by atoms with Crippen LogP contribution in [0, 0.1) is 13.8 Å². The Morgan fingerprint density at radius 2 is 1.81 bits per heavy atom. The monoisotopic (exact) mass is 491 g/mol. The number of rotatable bonds is 7. The smallest absolute Gasteiger partial charge is 0.251 e. The van der Waals surface area contributed by atoms with Crippen molar-refractivity contribution >= 4 is 52.5 Å². The second kappa shape index (κ2) is 10.4. The molecule has 0 aliphatic carbocycles. The average molecular weight is 492 g/mol. The third kappa shape index (κ3) is 5.82. The van der Waals surface area contributed by atoms with Crippen molar-refractivity contribution in [1.29, 1.82) is 0 Å². The number of nitrogens with one attached hydrogen (secondary N) is 2. The predicted molar refractivity (Wildman–Crippen MR) is 129 cm³/mol. The molecule has 2 amide bonds. The van der Waals surface area contributed by atoms with Crippen molar-refractivity contribution in [3.8, 4) is 0 Å². The third-order valence-electron chi connectivity index (χ3n) is 4.91. The summed E-state index contributed by atoms with van der Waals surface area (Å²) in [4.78, 5) is 24.8. The molecule has 2 aromatic carbocycles. The first kappa shape index (κ1) is 24.1. The van der Waals surface area contributed by atoms with Gasteiger partial charge in [-0.05, 0) is 62.2 Å². The summed E-state index contributed by atoms with van der Waals surface area (Å²) in [5.74, 6) is 0.309. The lowest BCUT2D eigenvalue weighted by Gasteiger charge is -2.14. The van der Waals surface area contributed by atoms with E-state index >= 15 is 0 Å². The molecular formula is C22H23Cl2N5O2S. The van der Waals surface area contributed by atoms with Crippen LogP contribution in [-0.2, 0) is 11.8 Å². The van der Waals surface area contributed by atoms with Crippen molar-refractivity contribution in [3.63, 3.8) is 0 Å². The molecule has 0 aliphatic heterocycles. The average Bonchev–Trinajstić information content (AvgIpc) is 3.11. The molecule has 0 aliphatic rings. The van der Waals surface area contributed by atoms with Crippen LogP contribution in [0.25, 0.3) is 0 Å². The highest BCUT2D eigenvalue weighted by Gasteiger charge is 2.19. The van der Waals surface area contributed by atoms with Crippen LogP contribution >= 0.6 is 35.0 Å². The van der Waals surface area contributed by atoms with Crippen molar-refractivity contribution in [1.82, 2.24) is 20.1 Å². The first-order valence-corrected chi connectivity index (χ1v) is 11.5. The molecule has 0 saturated carbocycles. The third-order valence-corrected chi connectivity index (χ3v) is 6.67. The minimum Gasteiger partial charge on any atom is -0.342 e. The fourth-order valence-corrected chi connectivity index (χ4v) is 3.97. The summed E-state index contributed by atoms with van der Waals surface area (Å²) >= 11 is 13.2. The van der Waals surface area contributed by atoms with Crippen molar-refractivity contribution in [3.05, 3.63) is 69.0 Å². The Balaban J connectivity index is 1.59. The van der Waals surface area contributed by atoms with Crippen LogP contribution < -0.4 is 10.6 Å². The first-order chi connectivity index (χ1) is 15.2. The van der Waals surface area contributed by atoms with E-state index in [4.69, 9.17) is 23.2 Å². The molecule has 1 atom stereocenters. The number of thioether (sulfide) groups is 1. The van der Waals surface area contributed by atoms with Gasteiger partial charge in [-0.3, -0.25) is 9.59 Å². The largest absolute Gasteiger partial charge is 0.342 e. The molecular weight excluding hydrogens is 469 g/mol. The van der Waals surface area contributed by atoms with Crippen LogP contribution in [0.2, 0.25) is 10.0 Å². The van der Waals surface area contributed by atoms with Gasteiger partial charge < -0.3 is 15.2 Å². The second-order valence-corrected chi connectivity index (χ2v) is 9.12. The number of aromatic nitrogens is 3. The molecule has 0 spiro atoms. The number of hydrogen-bond acceptors (Lipinski definition) is 5. The van der Waals surface area contributed by atoms with E-state index in [-0.39, 0.29) is 17.6 Å². The molecule has 3 rings (SSSR count). The number of anilines is 1. The molecule has 10 heteroatoms. The topological polar surface area (TPSA) is 88.9 Å². The molecule has 0 saturated heterocycles. The number of halogens is 2. The Morgan fingerprint density at radius 1 is 1.06 bits per heavy atom. The standard InChI is InChI=1S/C22H23Cl2N5O2S/c1-12-5-7-16(9-13(12)2)26-19(30)11-32-22-28-27-20(29(22)4)14(3)25-21(31)15-6-8-17(23)18(24)10-15/h5-10,14H,11H2,1-4H3,(H,25,31)(H,26,30)/t14-/m1/s1. The number of hydrogen-bond donors (Lipinski definition) is 2. The molecule has 1 heterocycles. The summed E-state index contributed by atoms with van der Waals surface area (Å²) in [6, 6.07) is 10.1. The molecule has 0 bridgehead atoms. The number of carbonyl (C=O) groups excluding carboxylic acids is 2. The van der Waals surface area contributed by atoms with Gasteiger partial charge in [-0.2, -0.15) is 0 Å². The highest BCUT2D eigenvalue weighted by atomic mass is 35.5. The molecule has 7 nitrogen and oxygen atoms in total. The number of carbonyl (C=O) groups is 2. The van der Waals surface area contributed by atoms with Gasteiger partial charge in [0.25, 0.3) is 5.91 Å². The van der Waals surface area contributed by atoms with E-state index in [2.05, 4.69) is 20.8 Å². The maximum absolute atomic E-state index is 12.5. The molecule has 32 heavy (non-hydrogen) atoms. The fourth-order valence-electron chi connectivity index (χ4n) is 2.96. The molecule has 0 unspecified atom stereocenters. The lowest BCUT2D eigenvalue weighted by atomic mass is 10.1. The Hall–Kier alpha value is -2.55. The number of amides is 2. The second-order valence-electron chi connectivity index (χ2n) is 7.36. The Bertz CT molecular complexity index is 1170. The Kier molecular flexibility index (Phi) is 7.82. The van der Waals surface area contributed by atoms with Gasteiger partial charge >= 0.3 is 0 Å². The van der Waals surface area contributed by atoms with Crippen molar-refractivity contribution in [2.24, 2.45) is 7.05 Å². The van der Waals surface area contributed by atoms with E-state index in [9.17, 15) is 9.59 Å². The molecule has 0 radical (unpaired) electrons. The van der Waals surface area contributed by atoms with Crippen LogP contribution in [0.4, 0.5) is 5.69 Å². The van der Waals surface area contributed by atoms with E-state index in [1.54, 1.807) is 30.7 Å². The first-order valence-electron chi connectivity index (χ1n) is 9.80. The summed E-state index contributed by atoms with van der Waals surface area (Å²) in [5, 5.41) is 15.4. The summed E-state index contributed by atoms with van der Waals surface area (Å²) in [6.07, 6.45) is 0. The molecule has 168 valence electrons. The van der Waals surface area contributed by atoms with Crippen molar-refractivity contribution in [2.45, 2.75) is 32.0 Å². The summed E-state index contributed by atoms with van der Waals surface area (Å²) in [5.41, 5.74) is 3.44. The zero-order valence-corrected chi connectivity index (χ0v) is 20.4. The summed E-state index contributed by atoms with van der Waals surface area (Å²) < 4.78 is 1.76. The van der Waals surface area contributed by atoms with Gasteiger partial charge in [0.2, 0.25) is 5.91 Å². The van der Waals surface area contributed by atoms with E-state index in [1.165, 1.54) is 23.4 Å². The summed E-state index contributed by atoms with van der Waals surface area (Å²) in [6.45, 7) is 5.83. The quantitative estimate of drug-likeness (QED) is 0.455. The van der Waals surface area contributed by atoms with Crippen molar-refractivity contribution in [2.75, 3.05) is 11.1 Å². The van der Waals surface area contributed by atoms with E-state index < -0.39 is 6.04 Å². The molecule has 2 N–H and O–H groups in total. The fraction of sp³-hybridized carbons (Fsp3) is 0.273. The van der Waals surface area contributed by atoms with Gasteiger partial charge in [0, 0.05) is 18.3 Å². The zero-order valence-electron chi connectivity index (χ0n) is 18.1. The van der Waals surface area contributed by atoms with Gasteiger partial charge in [0.1, 0.15) is 0 Å². The Morgan fingerprint density at radius 3 is 2.50 bits per heavy atom. The van der Waals surface area contributed by atoms with Crippen LogP contribution in [-0.4, -0.2) is 32.3 Å². The van der Waals surface area contributed by atoms with E-state index in [0.29, 0.717) is 26.6 Å². The highest BCUT2D eigenvalue weighted by Crippen LogP contribution is 2.24. The lowest BCUT2D eigenvalue weighted by Crippen LogP contribution is -2.28. The van der Waals surface area contributed by atoms with Gasteiger partial charge in [-0.15, -0.1) is 10.2 Å². The number of nitrogens with zero attached hydrogens (tertiary/aromatic N) is 3. The minimum absolute atomic E-state index is 0.135. The van der Waals surface area contributed by atoms with Gasteiger partial charge in [0.15, 0.2) is 11.0 Å². The molecule has 0 fully saturated rings. The minimum atomic E-state index is -0.409. The van der Waals surface area contributed by atoms with Crippen LogP contribution in [0.3, 0.4) is 0 Å². The number of aryl methyl sites for hydroxylation is 2. The maximum atomic E-state index is 12.5. The Labute approximate surface area is 200 Å². The predicted octanol–water partition coefficient (Wildman–Crippen LogP) is 4.96. The highest BCUT2D eigenvalue weighted by molar-refractivity contribution is 7.99. The lowest BCUT2D eigenvalue weighted by molar-refractivity contribution is -0.113. The van der Waals surface area contributed by atoms with E-state index in [1.807, 2.05) is 32.0 Å². The summed E-state index contributed by atoms with van der Waals surface area (Å²) in [7, 11) is 1.79. The normalized spacial score (nSPS) is 11.8. The van der Waals surface area contributed by atoms with Crippen LogP contribution in [0.5, 0.6) is 0 Å². The van der Waals surface area contributed by atoms with Crippen molar-refractivity contribution < 1.29 is 9.59 Å². The zero-order chi connectivity index (χ0) is 23.4. The van der Waals surface area contributed by atoms with Gasteiger partial charge in [-0.1, -0.05) is 41.0 Å². The van der Waals surface area contributed by atoms with Crippen LogP contribution in [0.1, 0.15) is 40.3 Å². The molecule has 3 aromatic rings. The van der Waals surface area contributed by atoms with Gasteiger partial charge in [-0.25, -0.2) is 0 Å². The SMILES string of the molecule is Cc1ccc(NC(=O)CSc2nnc([C@@H](C)NC(=O)c3ccc(Cl)c(Cl)c3)n2C)cc1C. The van der Waals surface area contributed by atoms with Crippen LogP contribution in [0.15, 0.2) is 41.6 Å². The van der Waals surface area contributed by atoms with Gasteiger partial charge in [0.05, 0.1) is 21.8 Å². The van der Waals surface area contributed by atoms with E-state index in [0.717, 1.165) is 11.3 Å². The maximum Gasteiger partial charge on any atom is 0.251 e. The number of benzene rings is 2. The molecule has 1 aromatic heterocycles.